The molecule has 2 nitrogen and oxygen atoms in total. The molecular weight excluding hydrogens is 347 g/mol. The Morgan fingerprint density at radius 1 is 1.43 bits per heavy atom. The van der Waals surface area contributed by atoms with E-state index in [-0.39, 0.29) is 14.6 Å². The van der Waals surface area contributed by atoms with Crippen LogP contribution in [0.5, 0.6) is 0 Å². The number of carbonyl (C=O) groups excluding carboxylic acids is 1. The highest BCUT2D eigenvalue weighted by molar-refractivity contribution is 9.11. The van der Waals surface area contributed by atoms with E-state index in [4.69, 9.17) is 11.6 Å². The summed E-state index contributed by atoms with van der Waals surface area (Å²) in [7, 11) is 0. The van der Waals surface area contributed by atoms with Gasteiger partial charge in [0, 0.05) is 8.95 Å². The molecular formula is C7H2Br2ClF2NO. The van der Waals surface area contributed by atoms with Gasteiger partial charge >= 0.3 is 0 Å². The fourth-order valence-electron chi connectivity index (χ4n) is 0.772. The summed E-state index contributed by atoms with van der Waals surface area (Å²) in [5, 5.41) is -0.883. The van der Waals surface area contributed by atoms with E-state index in [1.165, 1.54) is 6.07 Å². The van der Waals surface area contributed by atoms with Gasteiger partial charge in [-0.05, 0) is 49.5 Å². The van der Waals surface area contributed by atoms with Gasteiger partial charge in [0.15, 0.2) is 0 Å². The van der Waals surface area contributed by atoms with E-state index in [9.17, 15) is 13.6 Å². The first-order valence-corrected chi connectivity index (χ1v) is 5.23. The van der Waals surface area contributed by atoms with Gasteiger partial charge in [-0.25, -0.2) is 13.8 Å². The van der Waals surface area contributed by atoms with Crippen molar-refractivity contribution in [3.05, 3.63) is 26.4 Å². The zero-order chi connectivity index (χ0) is 10.9. The Balaban J connectivity index is 3.34. The molecule has 0 bridgehead atoms. The van der Waals surface area contributed by atoms with Crippen molar-refractivity contribution < 1.29 is 13.6 Å². The summed E-state index contributed by atoms with van der Waals surface area (Å²) >= 11 is 11.0. The van der Waals surface area contributed by atoms with Crippen molar-refractivity contribution >= 4 is 48.7 Å². The number of alkyl halides is 2. The average Bonchev–Trinajstić information content (AvgIpc) is 2.02. The van der Waals surface area contributed by atoms with Crippen molar-refractivity contribution in [3.8, 4) is 0 Å². The molecule has 0 spiro atoms. The standard InChI is InChI=1S/C7H2Br2ClF2NO/c8-2-1-3(9)5(7(11)12)13-4(2)6(10)14/h1,7H. The number of carbonyl (C=O) groups is 1. The number of rotatable bonds is 2. The van der Waals surface area contributed by atoms with Crippen LogP contribution in [0.3, 0.4) is 0 Å². The molecule has 0 unspecified atom stereocenters. The Kier molecular flexibility index (Phi) is 3.97. The van der Waals surface area contributed by atoms with E-state index in [0.717, 1.165) is 0 Å². The molecule has 1 aromatic heterocycles. The van der Waals surface area contributed by atoms with Crippen LogP contribution in [0.2, 0.25) is 0 Å². The molecule has 0 aliphatic heterocycles. The number of halogens is 5. The molecule has 1 heterocycles. The second-order valence-corrected chi connectivity index (χ2v) is 4.31. The zero-order valence-corrected chi connectivity index (χ0v) is 10.3. The molecule has 0 N–H and O–H groups in total. The van der Waals surface area contributed by atoms with Gasteiger partial charge in [-0.2, -0.15) is 0 Å². The summed E-state index contributed by atoms with van der Waals surface area (Å²) in [6.07, 6.45) is -2.76. The molecule has 0 aliphatic rings. The lowest BCUT2D eigenvalue weighted by atomic mass is 10.3. The van der Waals surface area contributed by atoms with Crippen LogP contribution in [0.1, 0.15) is 22.6 Å². The molecule has 1 aromatic rings. The lowest BCUT2D eigenvalue weighted by molar-refractivity contribution is 0.107. The lowest BCUT2D eigenvalue weighted by Crippen LogP contribution is -2.01. The first-order valence-electron chi connectivity index (χ1n) is 3.27. The maximum Gasteiger partial charge on any atom is 0.281 e. The van der Waals surface area contributed by atoms with Gasteiger partial charge in [0.1, 0.15) is 11.4 Å². The summed E-state index contributed by atoms with van der Waals surface area (Å²) in [6.45, 7) is 0. The van der Waals surface area contributed by atoms with Crippen molar-refractivity contribution in [2.45, 2.75) is 6.43 Å². The largest absolute Gasteiger partial charge is 0.281 e. The van der Waals surface area contributed by atoms with Crippen LogP contribution in [0, 0.1) is 0 Å². The summed E-state index contributed by atoms with van der Waals surface area (Å²) in [6, 6.07) is 1.31. The van der Waals surface area contributed by atoms with Gasteiger partial charge in [0.05, 0.1) is 0 Å². The first kappa shape index (κ1) is 12.0. The Hall–Kier alpha value is -0.0700. The van der Waals surface area contributed by atoms with E-state index in [1.807, 2.05) is 0 Å². The second-order valence-electron chi connectivity index (χ2n) is 2.26. The van der Waals surface area contributed by atoms with Crippen LogP contribution in [-0.4, -0.2) is 10.2 Å². The van der Waals surface area contributed by atoms with Gasteiger partial charge in [0.2, 0.25) is 0 Å². The SMILES string of the molecule is O=C(Cl)c1nc(C(F)F)c(Br)cc1Br. The summed E-state index contributed by atoms with van der Waals surface area (Å²) in [4.78, 5) is 14.2. The predicted octanol–water partition coefficient (Wildman–Crippen LogP) is 3.92. The molecule has 7 heteroatoms. The fourth-order valence-corrected chi connectivity index (χ4v) is 2.33. The zero-order valence-electron chi connectivity index (χ0n) is 6.40. The van der Waals surface area contributed by atoms with Gasteiger partial charge in [0.25, 0.3) is 11.7 Å². The van der Waals surface area contributed by atoms with Crippen LogP contribution >= 0.6 is 43.5 Å². The van der Waals surface area contributed by atoms with Crippen molar-refractivity contribution in [3.63, 3.8) is 0 Å². The number of nitrogens with zero attached hydrogens (tertiary/aromatic N) is 1. The second kappa shape index (κ2) is 4.63. The van der Waals surface area contributed by atoms with Crippen LogP contribution in [0.15, 0.2) is 15.0 Å². The van der Waals surface area contributed by atoms with E-state index in [2.05, 4.69) is 36.8 Å². The highest BCUT2D eigenvalue weighted by atomic mass is 79.9. The molecule has 76 valence electrons. The molecule has 0 radical (unpaired) electrons. The third kappa shape index (κ3) is 2.49. The predicted molar refractivity (Wildman–Crippen MR) is 54.8 cm³/mol. The number of aromatic nitrogens is 1. The van der Waals surface area contributed by atoms with E-state index in [0.29, 0.717) is 0 Å². The van der Waals surface area contributed by atoms with E-state index >= 15 is 0 Å². The Labute approximate surface area is 99.9 Å². The van der Waals surface area contributed by atoms with Gasteiger partial charge in [-0.3, -0.25) is 4.79 Å². The normalized spacial score (nSPS) is 10.7. The average molecular weight is 349 g/mol. The molecule has 1 rings (SSSR count). The van der Waals surface area contributed by atoms with Crippen LogP contribution in [-0.2, 0) is 0 Å². The maximum atomic E-state index is 12.3. The van der Waals surface area contributed by atoms with Crippen molar-refractivity contribution in [2.24, 2.45) is 0 Å². The summed E-state index contributed by atoms with van der Waals surface area (Å²) < 4.78 is 25.1. The molecule has 0 saturated carbocycles. The Bertz CT molecular complexity index is 386. The quantitative estimate of drug-likeness (QED) is 0.758. The number of hydrogen-bond donors (Lipinski definition) is 0. The number of pyridine rings is 1. The van der Waals surface area contributed by atoms with Crippen LogP contribution < -0.4 is 0 Å². The minimum Gasteiger partial charge on any atom is -0.274 e. The van der Waals surface area contributed by atoms with Crippen LogP contribution in [0.4, 0.5) is 8.78 Å². The Morgan fingerprint density at radius 3 is 2.43 bits per heavy atom. The molecule has 0 amide bonds. The highest BCUT2D eigenvalue weighted by Crippen LogP contribution is 2.30. The van der Waals surface area contributed by atoms with E-state index < -0.39 is 17.4 Å². The Morgan fingerprint density at radius 2 is 2.00 bits per heavy atom. The molecule has 0 atom stereocenters. The molecule has 0 aliphatic carbocycles. The van der Waals surface area contributed by atoms with Crippen LogP contribution in [0.25, 0.3) is 0 Å². The van der Waals surface area contributed by atoms with Gasteiger partial charge < -0.3 is 0 Å². The summed E-state index contributed by atoms with van der Waals surface area (Å²) in [5.41, 5.74) is -0.720. The smallest absolute Gasteiger partial charge is 0.274 e. The minimum absolute atomic E-state index is 0.126. The van der Waals surface area contributed by atoms with Crippen molar-refractivity contribution in [1.82, 2.24) is 4.98 Å². The lowest BCUT2D eigenvalue weighted by Gasteiger charge is -2.05. The third-order valence-electron chi connectivity index (χ3n) is 1.35. The maximum absolute atomic E-state index is 12.3. The van der Waals surface area contributed by atoms with Crippen molar-refractivity contribution in [1.29, 1.82) is 0 Å². The molecule has 0 fully saturated rings. The molecule has 0 saturated heterocycles. The molecule has 14 heavy (non-hydrogen) atoms. The van der Waals surface area contributed by atoms with E-state index in [1.54, 1.807) is 0 Å². The minimum atomic E-state index is -2.76. The monoisotopic (exact) mass is 347 g/mol. The first-order chi connectivity index (χ1) is 6.43. The third-order valence-corrected chi connectivity index (χ3v) is 2.77. The highest BCUT2D eigenvalue weighted by Gasteiger charge is 2.19. The molecule has 0 aromatic carbocycles. The van der Waals surface area contributed by atoms with Gasteiger partial charge in [-0.15, -0.1) is 0 Å². The fraction of sp³-hybridized carbons (Fsp3) is 0.143. The number of hydrogen-bond acceptors (Lipinski definition) is 2. The van der Waals surface area contributed by atoms with Gasteiger partial charge in [-0.1, -0.05) is 0 Å². The summed E-state index contributed by atoms with van der Waals surface area (Å²) in [5.74, 6) is 0. The topological polar surface area (TPSA) is 30.0 Å². The van der Waals surface area contributed by atoms with Crippen molar-refractivity contribution in [2.75, 3.05) is 0 Å².